The Hall–Kier alpha value is -4.47. The predicted octanol–water partition coefficient (Wildman–Crippen LogP) is 9.18. The average molecular weight is 557 g/mol. The van der Waals surface area contributed by atoms with E-state index in [0.717, 1.165) is 5.69 Å². The first-order valence-electron chi connectivity index (χ1n) is 15.0. The summed E-state index contributed by atoms with van der Waals surface area (Å²) in [5, 5.41) is 14.1. The molecule has 0 saturated heterocycles. The molecule has 202 valence electrons. The lowest BCUT2D eigenvalue weighted by molar-refractivity contribution is 0.591. The van der Waals surface area contributed by atoms with Crippen molar-refractivity contribution in [2.75, 3.05) is 0 Å². The second-order valence-electron chi connectivity index (χ2n) is 13.7. The van der Waals surface area contributed by atoms with E-state index in [0.29, 0.717) is 0 Å². The Labute approximate surface area is 246 Å². The molecular weight excluding hydrogens is 525 g/mol. The quantitative estimate of drug-likeness (QED) is 0.146. The van der Waals surface area contributed by atoms with Crippen LogP contribution in [0.1, 0.15) is 26.3 Å². The van der Waals surface area contributed by atoms with Crippen LogP contribution in [0.5, 0.6) is 0 Å². The van der Waals surface area contributed by atoms with Crippen molar-refractivity contribution in [3.63, 3.8) is 0 Å². The van der Waals surface area contributed by atoms with Crippen LogP contribution in [0.4, 0.5) is 0 Å². The second kappa shape index (κ2) is 7.87. The molecule has 1 aliphatic heterocycles. The molecule has 0 spiro atoms. The van der Waals surface area contributed by atoms with Gasteiger partial charge in [0.25, 0.3) is 0 Å². The van der Waals surface area contributed by atoms with Crippen molar-refractivity contribution in [2.45, 2.75) is 39.3 Å². The molecule has 0 saturated carbocycles. The van der Waals surface area contributed by atoms with E-state index in [1.807, 2.05) is 18.5 Å². The fourth-order valence-corrected chi connectivity index (χ4v) is 11.4. The van der Waals surface area contributed by atoms with Crippen LogP contribution >= 0.6 is 0 Å². The van der Waals surface area contributed by atoms with Crippen molar-refractivity contribution in [1.82, 2.24) is 9.55 Å². The van der Waals surface area contributed by atoms with E-state index in [1.165, 1.54) is 70.8 Å². The van der Waals surface area contributed by atoms with Gasteiger partial charge in [-0.3, -0.25) is 4.98 Å². The Morgan fingerprint density at radius 2 is 1.40 bits per heavy atom. The third-order valence-corrected chi connectivity index (χ3v) is 13.5. The van der Waals surface area contributed by atoms with Gasteiger partial charge in [-0.15, -0.1) is 0 Å². The summed E-state index contributed by atoms with van der Waals surface area (Å²) in [6, 6.07) is 34.8. The lowest BCUT2D eigenvalue weighted by Gasteiger charge is -2.22. The van der Waals surface area contributed by atoms with Gasteiger partial charge < -0.3 is 4.57 Å². The number of rotatable bonds is 1. The van der Waals surface area contributed by atoms with Crippen molar-refractivity contribution in [2.24, 2.45) is 0 Å². The van der Waals surface area contributed by atoms with Gasteiger partial charge in [-0.1, -0.05) is 88.5 Å². The monoisotopic (exact) mass is 556 g/mol. The molecule has 6 aromatic carbocycles. The lowest BCUT2D eigenvalue weighted by Crippen LogP contribution is -2.49. The summed E-state index contributed by atoms with van der Waals surface area (Å²) in [7, 11) is -1.85. The van der Waals surface area contributed by atoms with E-state index < -0.39 is 8.07 Å². The molecule has 0 unspecified atom stereocenters. The van der Waals surface area contributed by atoms with Gasteiger partial charge in [-0.2, -0.15) is 0 Å². The third-order valence-electron chi connectivity index (χ3n) is 9.91. The van der Waals surface area contributed by atoms with E-state index in [9.17, 15) is 0 Å². The lowest BCUT2D eigenvalue weighted by atomic mass is 9.85. The molecule has 0 radical (unpaired) electrons. The van der Waals surface area contributed by atoms with Gasteiger partial charge in [-0.05, 0) is 101 Å². The average Bonchev–Trinajstić information content (AvgIpc) is 3.43. The predicted molar refractivity (Wildman–Crippen MR) is 183 cm³/mol. The molecule has 3 heterocycles. The minimum absolute atomic E-state index is 0.0620. The number of pyridine rings is 1. The third kappa shape index (κ3) is 2.96. The summed E-state index contributed by atoms with van der Waals surface area (Å²) < 4.78 is 2.41. The minimum atomic E-state index is -1.85. The topological polar surface area (TPSA) is 17.8 Å². The summed E-state index contributed by atoms with van der Waals surface area (Å²) in [6.45, 7) is 12.0. The summed E-state index contributed by atoms with van der Waals surface area (Å²) >= 11 is 0. The van der Waals surface area contributed by atoms with Crippen LogP contribution in [0, 0.1) is 0 Å². The van der Waals surface area contributed by atoms with E-state index in [4.69, 9.17) is 0 Å². The molecule has 9 rings (SSSR count). The molecule has 2 nitrogen and oxygen atoms in total. The molecule has 1 aliphatic rings. The van der Waals surface area contributed by atoms with Crippen molar-refractivity contribution in [1.29, 1.82) is 0 Å². The van der Waals surface area contributed by atoms with Crippen LogP contribution in [0.2, 0.25) is 13.1 Å². The SMILES string of the molecule is CC(C)(C)c1ccc2c(c1)c1c3ccc4cc5c(c6ccc(cc1n2-c1cccnc1)c3c46)[Si](C)(C)c1ccccc1-5. The van der Waals surface area contributed by atoms with Gasteiger partial charge in [0.05, 0.1) is 22.9 Å². The molecule has 3 heteroatoms. The van der Waals surface area contributed by atoms with Crippen molar-refractivity contribution >= 4 is 72.6 Å². The normalized spacial score (nSPS) is 14.5. The van der Waals surface area contributed by atoms with Crippen molar-refractivity contribution < 1.29 is 0 Å². The molecule has 0 N–H and O–H groups in total. The van der Waals surface area contributed by atoms with E-state index in [-0.39, 0.29) is 5.41 Å². The number of benzene rings is 6. The standard InChI is InChI=1S/C39H32N2Si/c1-39(2,3)25-14-17-32-31(21-25)37-28-15-12-23-19-30-27-10-6-7-11-34(27)42(4,5)38(30)29-16-13-24(35(28)36(23)29)20-33(37)41(32)26-9-8-18-40-22-26/h6-22H,1-5H3. The molecule has 0 bridgehead atoms. The number of hydrogen-bond donors (Lipinski definition) is 0. The van der Waals surface area contributed by atoms with Crippen molar-refractivity contribution in [3.8, 4) is 16.8 Å². The highest BCUT2D eigenvalue weighted by Crippen LogP contribution is 2.45. The molecule has 0 aliphatic carbocycles. The molecule has 0 fully saturated rings. The Bertz CT molecular complexity index is 2400. The van der Waals surface area contributed by atoms with Gasteiger partial charge in [0.15, 0.2) is 0 Å². The molecule has 8 aromatic rings. The smallest absolute Gasteiger partial charge is 0.114 e. The van der Waals surface area contributed by atoms with E-state index in [2.05, 4.69) is 128 Å². The van der Waals surface area contributed by atoms with Gasteiger partial charge in [-0.25, -0.2) is 0 Å². The largest absolute Gasteiger partial charge is 0.308 e. The maximum absolute atomic E-state index is 4.50. The van der Waals surface area contributed by atoms with Gasteiger partial charge in [0.2, 0.25) is 0 Å². The number of aromatic nitrogens is 2. The van der Waals surface area contributed by atoms with Gasteiger partial charge >= 0.3 is 0 Å². The Morgan fingerprint density at radius 3 is 2.19 bits per heavy atom. The molecule has 2 aromatic heterocycles. The van der Waals surface area contributed by atoms with Crippen LogP contribution in [0.15, 0.2) is 103 Å². The maximum atomic E-state index is 4.50. The van der Waals surface area contributed by atoms with E-state index >= 15 is 0 Å². The van der Waals surface area contributed by atoms with Gasteiger partial charge in [0, 0.05) is 17.0 Å². The Balaban J connectivity index is 1.48. The summed E-state index contributed by atoms with van der Waals surface area (Å²) in [5.74, 6) is 0. The Morgan fingerprint density at radius 1 is 0.643 bits per heavy atom. The first-order chi connectivity index (χ1) is 20.2. The zero-order chi connectivity index (χ0) is 28.5. The molecule has 42 heavy (non-hydrogen) atoms. The maximum Gasteiger partial charge on any atom is 0.114 e. The number of hydrogen-bond acceptors (Lipinski definition) is 1. The van der Waals surface area contributed by atoms with Crippen LogP contribution in [-0.2, 0) is 5.41 Å². The number of nitrogens with zero attached hydrogens (tertiary/aromatic N) is 2. The highest BCUT2D eigenvalue weighted by Gasteiger charge is 2.39. The fourth-order valence-electron chi connectivity index (χ4n) is 7.97. The Kier molecular flexibility index (Phi) is 4.53. The summed E-state index contributed by atoms with van der Waals surface area (Å²) in [6.07, 6.45) is 3.83. The number of fused-ring (bicyclic) bond motifs is 8. The summed E-state index contributed by atoms with van der Waals surface area (Å²) in [4.78, 5) is 4.50. The fraction of sp³-hybridized carbons (Fsp3) is 0.154. The highest BCUT2D eigenvalue weighted by molar-refractivity contribution is 7.05. The van der Waals surface area contributed by atoms with Crippen molar-refractivity contribution in [3.05, 3.63) is 109 Å². The highest BCUT2D eigenvalue weighted by atomic mass is 28.3. The first kappa shape index (κ1) is 24.2. The van der Waals surface area contributed by atoms with Crippen LogP contribution < -0.4 is 10.4 Å². The second-order valence-corrected chi connectivity index (χ2v) is 18.0. The minimum Gasteiger partial charge on any atom is -0.308 e. The molecule has 0 amide bonds. The van der Waals surface area contributed by atoms with Crippen LogP contribution in [-0.4, -0.2) is 17.6 Å². The molecular formula is C39H32N2Si. The zero-order valence-corrected chi connectivity index (χ0v) is 25.7. The van der Waals surface area contributed by atoms with E-state index in [1.54, 1.807) is 10.4 Å². The summed E-state index contributed by atoms with van der Waals surface area (Å²) in [5.41, 5.74) is 7.86. The van der Waals surface area contributed by atoms with Gasteiger partial charge in [0.1, 0.15) is 8.07 Å². The first-order valence-corrected chi connectivity index (χ1v) is 18.0. The van der Waals surface area contributed by atoms with Crippen LogP contribution in [0.3, 0.4) is 0 Å². The zero-order valence-electron chi connectivity index (χ0n) is 24.7. The molecule has 0 atom stereocenters. The van der Waals surface area contributed by atoms with Crippen LogP contribution in [0.25, 0.3) is 70.9 Å².